The smallest absolute Gasteiger partial charge is 0.322 e. The van der Waals surface area contributed by atoms with Crippen molar-refractivity contribution in [3.05, 3.63) is 0 Å². The highest BCUT2D eigenvalue weighted by Crippen LogP contribution is 2.24. The molecule has 0 amide bonds. The molecule has 0 aromatic heterocycles. The molecule has 0 bridgehead atoms. The molecule has 2 fully saturated rings. The summed E-state index contributed by atoms with van der Waals surface area (Å²) in [6, 6.07) is -0.946. The monoisotopic (exact) mass is 320 g/mol. The van der Waals surface area contributed by atoms with E-state index in [1.54, 1.807) is 0 Å². The van der Waals surface area contributed by atoms with Crippen LogP contribution in [0.5, 0.6) is 0 Å². The Hall–Kier alpha value is -0.700. The quantitative estimate of drug-likeness (QED) is 0.746. The van der Waals surface area contributed by atoms with Gasteiger partial charge in [0.05, 0.1) is 6.10 Å². The summed E-state index contributed by atoms with van der Waals surface area (Å²) in [4.78, 5) is 11.2. The van der Waals surface area contributed by atoms with Crippen molar-refractivity contribution in [2.45, 2.75) is 51.2 Å². The lowest BCUT2D eigenvalue weighted by Gasteiger charge is -2.32. The zero-order chi connectivity index (χ0) is 15.5. The van der Waals surface area contributed by atoms with Gasteiger partial charge in [-0.2, -0.15) is 12.7 Å². The Morgan fingerprint density at radius 2 is 2.14 bits per heavy atom. The molecular formula is C13H24N2O5S. The molecule has 0 saturated carbocycles. The Kier molecular flexibility index (Phi) is 5.59. The zero-order valence-electron chi connectivity index (χ0n) is 12.3. The number of hydrogen-bond donors (Lipinski definition) is 2. The SMILES string of the molecule is CCC1OCCC1CNS(=O)(=O)N1CCCCC1C(=O)O. The number of nitrogens with one attached hydrogen (secondary N) is 1. The first-order valence-electron chi connectivity index (χ1n) is 7.56. The number of carbonyl (C=O) groups is 1. The summed E-state index contributed by atoms with van der Waals surface area (Å²) >= 11 is 0. The Bertz CT molecular complexity index is 467. The molecule has 2 N–H and O–H groups in total. The van der Waals surface area contributed by atoms with Crippen LogP contribution in [0.4, 0.5) is 0 Å². The van der Waals surface area contributed by atoms with Gasteiger partial charge in [0.25, 0.3) is 10.2 Å². The van der Waals surface area contributed by atoms with Gasteiger partial charge in [0, 0.05) is 25.6 Å². The number of aliphatic carboxylic acids is 1. The Balaban J connectivity index is 1.98. The lowest BCUT2D eigenvalue weighted by Crippen LogP contribution is -2.53. The summed E-state index contributed by atoms with van der Waals surface area (Å²) in [6.45, 7) is 3.25. The molecule has 0 spiro atoms. The van der Waals surface area contributed by atoms with E-state index < -0.39 is 22.2 Å². The first-order valence-corrected chi connectivity index (χ1v) is 9.00. The summed E-state index contributed by atoms with van der Waals surface area (Å²) in [5.41, 5.74) is 0. The van der Waals surface area contributed by atoms with Gasteiger partial charge in [-0.25, -0.2) is 4.72 Å². The minimum atomic E-state index is -3.75. The maximum atomic E-state index is 12.4. The second-order valence-corrected chi connectivity index (χ2v) is 7.39. The van der Waals surface area contributed by atoms with Crippen molar-refractivity contribution in [1.29, 1.82) is 0 Å². The zero-order valence-corrected chi connectivity index (χ0v) is 13.1. The molecule has 0 aromatic rings. The fourth-order valence-electron chi connectivity index (χ4n) is 3.11. The fourth-order valence-corrected chi connectivity index (χ4v) is 4.60. The Labute approximate surface area is 125 Å². The van der Waals surface area contributed by atoms with E-state index in [2.05, 4.69) is 4.72 Å². The normalized spacial score (nSPS) is 31.4. The van der Waals surface area contributed by atoms with E-state index in [1.165, 1.54) is 0 Å². The standard InChI is InChI=1S/C13H24N2O5S/c1-2-12-10(6-8-20-12)9-14-21(18,19)15-7-4-3-5-11(15)13(16)17/h10-12,14H,2-9H2,1H3,(H,16,17). The molecule has 2 heterocycles. The van der Waals surface area contributed by atoms with Crippen LogP contribution in [0.1, 0.15) is 39.0 Å². The molecule has 3 unspecified atom stereocenters. The van der Waals surface area contributed by atoms with Gasteiger partial charge in [0.2, 0.25) is 0 Å². The molecule has 2 rings (SSSR count). The first-order chi connectivity index (χ1) is 9.95. The third-order valence-electron chi connectivity index (χ3n) is 4.32. The van der Waals surface area contributed by atoms with Crippen LogP contribution in [-0.2, 0) is 19.7 Å². The number of carboxylic acid groups (broad SMARTS) is 1. The van der Waals surface area contributed by atoms with Gasteiger partial charge in [-0.15, -0.1) is 0 Å². The molecule has 21 heavy (non-hydrogen) atoms. The average molecular weight is 320 g/mol. The van der Waals surface area contributed by atoms with Crippen molar-refractivity contribution < 1.29 is 23.1 Å². The van der Waals surface area contributed by atoms with Crippen LogP contribution in [0.3, 0.4) is 0 Å². The van der Waals surface area contributed by atoms with Crippen molar-refractivity contribution in [3.63, 3.8) is 0 Å². The highest BCUT2D eigenvalue weighted by atomic mass is 32.2. The van der Waals surface area contributed by atoms with Crippen LogP contribution >= 0.6 is 0 Å². The number of hydrogen-bond acceptors (Lipinski definition) is 4. The van der Waals surface area contributed by atoms with Crippen molar-refractivity contribution in [1.82, 2.24) is 9.03 Å². The van der Waals surface area contributed by atoms with Crippen molar-refractivity contribution in [2.24, 2.45) is 5.92 Å². The maximum Gasteiger partial charge on any atom is 0.322 e. The number of carboxylic acids is 1. The van der Waals surface area contributed by atoms with E-state index in [9.17, 15) is 18.3 Å². The van der Waals surface area contributed by atoms with Crippen LogP contribution in [0.15, 0.2) is 0 Å². The maximum absolute atomic E-state index is 12.4. The van der Waals surface area contributed by atoms with Gasteiger partial charge in [-0.3, -0.25) is 4.79 Å². The van der Waals surface area contributed by atoms with Gasteiger partial charge in [0.1, 0.15) is 6.04 Å². The van der Waals surface area contributed by atoms with E-state index in [0.717, 1.165) is 23.6 Å². The van der Waals surface area contributed by atoms with E-state index in [4.69, 9.17) is 4.74 Å². The Morgan fingerprint density at radius 3 is 2.81 bits per heavy atom. The molecule has 0 aliphatic carbocycles. The highest BCUT2D eigenvalue weighted by molar-refractivity contribution is 7.87. The second-order valence-electron chi connectivity index (χ2n) is 5.68. The predicted octanol–water partition coefficient (Wildman–Crippen LogP) is 0.575. The molecular weight excluding hydrogens is 296 g/mol. The summed E-state index contributed by atoms with van der Waals surface area (Å²) in [5, 5.41) is 9.18. The summed E-state index contributed by atoms with van der Waals surface area (Å²) < 4.78 is 33.9. The largest absolute Gasteiger partial charge is 0.480 e. The number of piperidine rings is 1. The molecule has 122 valence electrons. The fraction of sp³-hybridized carbons (Fsp3) is 0.923. The third-order valence-corrected chi connectivity index (χ3v) is 5.91. The molecule has 7 nitrogen and oxygen atoms in total. The Morgan fingerprint density at radius 1 is 1.38 bits per heavy atom. The number of ether oxygens (including phenoxy) is 1. The topological polar surface area (TPSA) is 95.9 Å². The van der Waals surface area contributed by atoms with Crippen molar-refractivity contribution >= 4 is 16.2 Å². The van der Waals surface area contributed by atoms with E-state index in [-0.39, 0.29) is 18.6 Å². The predicted molar refractivity (Wildman–Crippen MR) is 77.0 cm³/mol. The summed E-state index contributed by atoms with van der Waals surface area (Å²) in [6.07, 6.45) is 3.60. The van der Waals surface area contributed by atoms with E-state index >= 15 is 0 Å². The van der Waals surface area contributed by atoms with Gasteiger partial charge in [-0.1, -0.05) is 6.92 Å². The van der Waals surface area contributed by atoms with Crippen LogP contribution in [0, 0.1) is 5.92 Å². The lowest BCUT2D eigenvalue weighted by atomic mass is 10.0. The molecule has 2 aliphatic heterocycles. The van der Waals surface area contributed by atoms with Gasteiger partial charge >= 0.3 is 5.97 Å². The minimum absolute atomic E-state index is 0.0873. The third kappa shape index (κ3) is 3.94. The number of rotatable bonds is 6. The minimum Gasteiger partial charge on any atom is -0.480 e. The molecule has 0 aromatic carbocycles. The number of nitrogens with zero attached hydrogens (tertiary/aromatic N) is 1. The molecule has 2 saturated heterocycles. The van der Waals surface area contributed by atoms with E-state index in [1.807, 2.05) is 6.92 Å². The summed E-state index contributed by atoms with van der Waals surface area (Å²) in [5.74, 6) is -0.909. The molecule has 3 atom stereocenters. The second kappa shape index (κ2) is 7.04. The van der Waals surface area contributed by atoms with Crippen LogP contribution in [0.25, 0.3) is 0 Å². The highest BCUT2D eigenvalue weighted by Gasteiger charge is 2.37. The molecule has 8 heteroatoms. The molecule has 0 radical (unpaired) electrons. The molecule has 2 aliphatic rings. The lowest BCUT2D eigenvalue weighted by molar-refractivity contribution is -0.142. The van der Waals surface area contributed by atoms with Gasteiger partial charge in [0.15, 0.2) is 0 Å². The van der Waals surface area contributed by atoms with Crippen LogP contribution in [-0.4, -0.2) is 55.6 Å². The first kappa shape index (κ1) is 16.7. The summed E-state index contributed by atoms with van der Waals surface area (Å²) in [7, 11) is -3.75. The van der Waals surface area contributed by atoms with Crippen LogP contribution in [0.2, 0.25) is 0 Å². The van der Waals surface area contributed by atoms with Gasteiger partial charge in [-0.05, 0) is 32.1 Å². The van der Waals surface area contributed by atoms with E-state index in [0.29, 0.717) is 26.0 Å². The van der Waals surface area contributed by atoms with Crippen LogP contribution < -0.4 is 4.72 Å². The van der Waals surface area contributed by atoms with Crippen molar-refractivity contribution in [2.75, 3.05) is 19.7 Å². The average Bonchev–Trinajstić information content (AvgIpc) is 2.92. The van der Waals surface area contributed by atoms with Gasteiger partial charge < -0.3 is 9.84 Å². The van der Waals surface area contributed by atoms with Crippen molar-refractivity contribution in [3.8, 4) is 0 Å².